The number of nitrogens with one attached hydrogen (secondary N) is 1. The van der Waals surface area contributed by atoms with Gasteiger partial charge in [-0.05, 0) is 19.1 Å². The SMILES string of the molecule is CCOc1cccc(NCCn2cccn2)n1. The second kappa shape index (κ2) is 5.89. The third-order valence-electron chi connectivity index (χ3n) is 2.22. The minimum Gasteiger partial charge on any atom is -0.478 e. The molecule has 2 rings (SSSR count). The number of hydrogen-bond donors (Lipinski definition) is 1. The number of nitrogens with zero attached hydrogens (tertiary/aromatic N) is 3. The van der Waals surface area contributed by atoms with Crippen LogP contribution in [0.4, 0.5) is 5.82 Å². The summed E-state index contributed by atoms with van der Waals surface area (Å²) < 4.78 is 7.20. The molecule has 5 heteroatoms. The summed E-state index contributed by atoms with van der Waals surface area (Å²) in [5.74, 6) is 1.47. The molecule has 0 saturated heterocycles. The van der Waals surface area contributed by atoms with Gasteiger partial charge in [-0.1, -0.05) is 6.07 Å². The van der Waals surface area contributed by atoms with Crippen molar-refractivity contribution in [3.8, 4) is 5.88 Å². The Bertz CT molecular complexity index is 442. The lowest BCUT2D eigenvalue weighted by molar-refractivity contribution is 0.327. The Labute approximate surface area is 100 Å². The zero-order chi connectivity index (χ0) is 11.9. The maximum atomic E-state index is 5.33. The van der Waals surface area contributed by atoms with Crippen LogP contribution in [0.3, 0.4) is 0 Å². The van der Waals surface area contributed by atoms with Crippen LogP contribution in [0.1, 0.15) is 6.92 Å². The van der Waals surface area contributed by atoms with E-state index >= 15 is 0 Å². The third kappa shape index (κ3) is 3.48. The molecule has 0 aliphatic heterocycles. The lowest BCUT2D eigenvalue weighted by atomic mass is 10.4. The molecule has 90 valence electrons. The highest BCUT2D eigenvalue weighted by Gasteiger charge is 1.97. The minimum absolute atomic E-state index is 0.629. The highest BCUT2D eigenvalue weighted by Crippen LogP contribution is 2.10. The Morgan fingerprint density at radius 1 is 1.35 bits per heavy atom. The molecule has 0 bridgehead atoms. The summed E-state index contributed by atoms with van der Waals surface area (Å²) in [6.07, 6.45) is 3.71. The zero-order valence-corrected chi connectivity index (χ0v) is 9.84. The Kier molecular flexibility index (Phi) is 3.96. The molecular weight excluding hydrogens is 216 g/mol. The average Bonchev–Trinajstić information content (AvgIpc) is 2.83. The Morgan fingerprint density at radius 2 is 2.29 bits per heavy atom. The van der Waals surface area contributed by atoms with Gasteiger partial charge in [-0.3, -0.25) is 4.68 Å². The van der Waals surface area contributed by atoms with Crippen LogP contribution in [-0.4, -0.2) is 27.9 Å². The lowest BCUT2D eigenvalue weighted by Gasteiger charge is -2.07. The van der Waals surface area contributed by atoms with E-state index in [2.05, 4.69) is 15.4 Å². The first-order valence-electron chi connectivity index (χ1n) is 5.69. The molecule has 0 aliphatic carbocycles. The summed E-state index contributed by atoms with van der Waals surface area (Å²) in [6.45, 7) is 4.17. The molecule has 0 saturated carbocycles. The zero-order valence-electron chi connectivity index (χ0n) is 9.84. The molecule has 2 aromatic rings. The van der Waals surface area contributed by atoms with Gasteiger partial charge in [-0.15, -0.1) is 0 Å². The van der Waals surface area contributed by atoms with Gasteiger partial charge in [0.15, 0.2) is 0 Å². The predicted molar refractivity (Wildman–Crippen MR) is 66.1 cm³/mol. The van der Waals surface area contributed by atoms with Crippen LogP contribution < -0.4 is 10.1 Å². The van der Waals surface area contributed by atoms with Crippen molar-refractivity contribution in [2.24, 2.45) is 0 Å². The van der Waals surface area contributed by atoms with Gasteiger partial charge in [0.05, 0.1) is 13.2 Å². The largest absolute Gasteiger partial charge is 0.478 e. The minimum atomic E-state index is 0.629. The van der Waals surface area contributed by atoms with Gasteiger partial charge >= 0.3 is 0 Å². The topological polar surface area (TPSA) is 52.0 Å². The summed E-state index contributed by atoms with van der Waals surface area (Å²) in [4.78, 5) is 4.32. The maximum absolute atomic E-state index is 5.33. The Balaban J connectivity index is 1.84. The summed E-state index contributed by atoms with van der Waals surface area (Å²) in [6, 6.07) is 7.61. The van der Waals surface area contributed by atoms with Crippen molar-refractivity contribution in [2.45, 2.75) is 13.5 Å². The van der Waals surface area contributed by atoms with E-state index in [1.807, 2.05) is 42.1 Å². The number of rotatable bonds is 6. The van der Waals surface area contributed by atoms with Crippen molar-refractivity contribution in [3.63, 3.8) is 0 Å². The second-order valence-electron chi connectivity index (χ2n) is 3.49. The molecule has 2 aromatic heterocycles. The maximum Gasteiger partial charge on any atom is 0.215 e. The van der Waals surface area contributed by atoms with Crippen molar-refractivity contribution in [2.75, 3.05) is 18.5 Å². The van der Waals surface area contributed by atoms with Crippen LogP contribution in [-0.2, 0) is 6.54 Å². The van der Waals surface area contributed by atoms with Crippen molar-refractivity contribution in [1.82, 2.24) is 14.8 Å². The van der Waals surface area contributed by atoms with Gasteiger partial charge < -0.3 is 10.1 Å². The van der Waals surface area contributed by atoms with E-state index in [1.165, 1.54) is 0 Å². The predicted octanol–water partition coefficient (Wildman–Crippen LogP) is 1.79. The molecule has 0 atom stereocenters. The number of pyridine rings is 1. The van der Waals surface area contributed by atoms with Crippen LogP contribution in [0.15, 0.2) is 36.7 Å². The van der Waals surface area contributed by atoms with Crippen LogP contribution >= 0.6 is 0 Å². The first-order chi connectivity index (χ1) is 8.38. The van der Waals surface area contributed by atoms with E-state index in [0.717, 1.165) is 18.9 Å². The molecule has 0 amide bonds. The van der Waals surface area contributed by atoms with Gasteiger partial charge in [0.2, 0.25) is 5.88 Å². The molecule has 2 heterocycles. The number of hydrogen-bond acceptors (Lipinski definition) is 4. The molecule has 0 unspecified atom stereocenters. The van der Waals surface area contributed by atoms with E-state index in [0.29, 0.717) is 12.5 Å². The van der Waals surface area contributed by atoms with Crippen molar-refractivity contribution < 1.29 is 4.74 Å². The number of ether oxygens (including phenoxy) is 1. The lowest BCUT2D eigenvalue weighted by Crippen LogP contribution is -2.11. The number of aromatic nitrogens is 3. The van der Waals surface area contributed by atoms with Crippen molar-refractivity contribution >= 4 is 5.82 Å². The van der Waals surface area contributed by atoms with Gasteiger partial charge in [-0.25, -0.2) is 0 Å². The van der Waals surface area contributed by atoms with E-state index < -0.39 is 0 Å². The van der Waals surface area contributed by atoms with Gasteiger partial charge in [0.25, 0.3) is 0 Å². The van der Waals surface area contributed by atoms with Crippen molar-refractivity contribution in [3.05, 3.63) is 36.7 Å². The summed E-state index contributed by atoms with van der Waals surface area (Å²) in [5, 5.41) is 7.36. The van der Waals surface area contributed by atoms with E-state index in [1.54, 1.807) is 6.20 Å². The highest BCUT2D eigenvalue weighted by atomic mass is 16.5. The quantitative estimate of drug-likeness (QED) is 0.825. The second-order valence-corrected chi connectivity index (χ2v) is 3.49. The molecular formula is C12H16N4O. The Hall–Kier alpha value is -2.04. The molecule has 1 N–H and O–H groups in total. The van der Waals surface area contributed by atoms with Crippen LogP contribution in [0, 0.1) is 0 Å². The average molecular weight is 232 g/mol. The fourth-order valence-corrected chi connectivity index (χ4v) is 1.47. The van der Waals surface area contributed by atoms with E-state index in [4.69, 9.17) is 4.74 Å². The van der Waals surface area contributed by atoms with Crippen LogP contribution in [0.25, 0.3) is 0 Å². The molecule has 0 radical (unpaired) electrons. The molecule has 17 heavy (non-hydrogen) atoms. The van der Waals surface area contributed by atoms with Crippen LogP contribution in [0.2, 0.25) is 0 Å². The summed E-state index contributed by atoms with van der Waals surface area (Å²) >= 11 is 0. The highest BCUT2D eigenvalue weighted by molar-refractivity contribution is 5.36. The van der Waals surface area contributed by atoms with E-state index in [-0.39, 0.29) is 0 Å². The van der Waals surface area contributed by atoms with Crippen LogP contribution in [0.5, 0.6) is 5.88 Å². The Morgan fingerprint density at radius 3 is 3.06 bits per heavy atom. The molecule has 0 aliphatic rings. The fraction of sp³-hybridized carbons (Fsp3) is 0.333. The first kappa shape index (κ1) is 11.4. The molecule has 5 nitrogen and oxygen atoms in total. The van der Waals surface area contributed by atoms with Gasteiger partial charge in [0.1, 0.15) is 5.82 Å². The first-order valence-corrected chi connectivity index (χ1v) is 5.69. The monoisotopic (exact) mass is 232 g/mol. The van der Waals surface area contributed by atoms with Gasteiger partial charge in [0, 0.05) is 25.0 Å². The van der Waals surface area contributed by atoms with Gasteiger partial charge in [-0.2, -0.15) is 10.1 Å². The van der Waals surface area contributed by atoms with E-state index in [9.17, 15) is 0 Å². The molecule has 0 fully saturated rings. The fourth-order valence-electron chi connectivity index (χ4n) is 1.47. The standard InChI is InChI=1S/C12H16N4O/c1-2-17-12-6-3-5-11(15-12)13-8-10-16-9-4-7-14-16/h3-7,9H,2,8,10H2,1H3,(H,13,15). The summed E-state index contributed by atoms with van der Waals surface area (Å²) in [5.41, 5.74) is 0. The smallest absolute Gasteiger partial charge is 0.215 e. The third-order valence-corrected chi connectivity index (χ3v) is 2.22. The molecule has 0 spiro atoms. The number of anilines is 1. The molecule has 0 aromatic carbocycles. The normalized spacial score (nSPS) is 10.2. The van der Waals surface area contributed by atoms with Crippen molar-refractivity contribution in [1.29, 1.82) is 0 Å². The summed E-state index contributed by atoms with van der Waals surface area (Å²) in [7, 11) is 0.